The van der Waals surface area contributed by atoms with E-state index in [-0.39, 0.29) is 17.9 Å². The molecule has 30 heavy (non-hydrogen) atoms. The Kier molecular flexibility index (Phi) is 6.70. The van der Waals surface area contributed by atoms with E-state index >= 15 is 0 Å². The van der Waals surface area contributed by atoms with Gasteiger partial charge in [0.15, 0.2) is 0 Å². The fraction of sp³-hybridized carbons (Fsp3) is 0.417. The van der Waals surface area contributed by atoms with Crippen LogP contribution in [0.25, 0.3) is 0 Å². The van der Waals surface area contributed by atoms with E-state index in [1.54, 1.807) is 6.07 Å². The number of carbonyl (C=O) groups is 2. The fourth-order valence-corrected chi connectivity index (χ4v) is 5.02. The zero-order valence-electron chi connectivity index (χ0n) is 17.0. The predicted octanol–water partition coefficient (Wildman–Crippen LogP) is 4.02. The van der Waals surface area contributed by atoms with Crippen LogP contribution in [0.1, 0.15) is 37.7 Å². The third kappa shape index (κ3) is 5.21. The number of nitrogens with one attached hydrogen (secondary N) is 2. The van der Waals surface area contributed by atoms with Crippen LogP contribution in [0.15, 0.2) is 54.6 Å². The molecule has 2 aromatic rings. The van der Waals surface area contributed by atoms with Gasteiger partial charge in [-0.2, -0.15) is 0 Å². The van der Waals surface area contributed by atoms with Crippen LogP contribution in [0, 0.1) is 0 Å². The maximum absolute atomic E-state index is 12.6. The molecule has 4 rings (SSSR count). The molecule has 2 unspecified atom stereocenters. The van der Waals surface area contributed by atoms with Crippen molar-refractivity contribution >= 4 is 29.1 Å². The molecular weight excluding hydrogens is 398 g/mol. The van der Waals surface area contributed by atoms with Crippen molar-refractivity contribution in [1.82, 2.24) is 10.2 Å². The molecule has 0 spiro atoms. The molecule has 2 fully saturated rings. The number of hydrogen-bond acceptors (Lipinski definition) is 3. The van der Waals surface area contributed by atoms with E-state index in [1.807, 2.05) is 48.5 Å². The monoisotopic (exact) mass is 425 g/mol. The molecule has 6 heteroatoms. The maximum Gasteiger partial charge on any atom is 0.238 e. The number of halogens is 1. The van der Waals surface area contributed by atoms with Crippen LogP contribution in [0.4, 0.5) is 5.69 Å². The van der Waals surface area contributed by atoms with Crippen LogP contribution >= 0.6 is 11.6 Å². The van der Waals surface area contributed by atoms with Gasteiger partial charge >= 0.3 is 0 Å². The first kappa shape index (κ1) is 20.9. The van der Waals surface area contributed by atoms with E-state index in [4.69, 9.17) is 11.6 Å². The van der Waals surface area contributed by atoms with Gasteiger partial charge in [0.05, 0.1) is 23.7 Å². The minimum Gasteiger partial charge on any atom is -0.353 e. The molecular formula is C24H28ClN3O2. The molecule has 2 amide bonds. The first-order valence-electron chi connectivity index (χ1n) is 10.7. The molecule has 2 atom stereocenters. The Labute approximate surface area is 182 Å². The van der Waals surface area contributed by atoms with Crippen molar-refractivity contribution < 1.29 is 9.59 Å². The van der Waals surface area contributed by atoms with E-state index in [0.29, 0.717) is 35.8 Å². The Morgan fingerprint density at radius 3 is 2.30 bits per heavy atom. The molecule has 0 aromatic heterocycles. The standard InChI is InChI=1S/C24H28ClN3O2/c25-21-11-4-5-12-22(21)27-24(30)16-28-19-9-6-10-20(28)15-18(14-19)26-23(29)13-17-7-2-1-3-8-17/h1-5,7-8,11-12,18-20H,6,9-10,13-16H2,(H,26,29)(H,27,30). The lowest BCUT2D eigenvalue weighted by Gasteiger charge is -2.48. The summed E-state index contributed by atoms with van der Waals surface area (Å²) >= 11 is 6.16. The summed E-state index contributed by atoms with van der Waals surface area (Å²) in [4.78, 5) is 27.5. The molecule has 2 heterocycles. The second-order valence-electron chi connectivity index (χ2n) is 8.34. The fourth-order valence-electron chi connectivity index (χ4n) is 4.83. The average molecular weight is 426 g/mol. The van der Waals surface area contributed by atoms with E-state index in [1.165, 1.54) is 6.42 Å². The maximum atomic E-state index is 12.6. The van der Waals surface area contributed by atoms with Crippen LogP contribution in [-0.2, 0) is 16.0 Å². The lowest BCUT2D eigenvalue weighted by atomic mass is 9.81. The number of carbonyl (C=O) groups excluding carboxylic acids is 2. The molecule has 0 aliphatic carbocycles. The quantitative estimate of drug-likeness (QED) is 0.734. The van der Waals surface area contributed by atoms with Gasteiger partial charge in [0.25, 0.3) is 0 Å². The van der Waals surface area contributed by atoms with Crippen LogP contribution < -0.4 is 10.6 Å². The number of rotatable bonds is 6. The second-order valence-corrected chi connectivity index (χ2v) is 8.74. The summed E-state index contributed by atoms with van der Waals surface area (Å²) in [6.07, 6.45) is 5.54. The number of piperidine rings is 2. The third-order valence-electron chi connectivity index (χ3n) is 6.17. The van der Waals surface area contributed by atoms with E-state index in [9.17, 15) is 9.59 Å². The van der Waals surface area contributed by atoms with Gasteiger partial charge in [-0.15, -0.1) is 0 Å². The molecule has 2 aliphatic heterocycles. The van der Waals surface area contributed by atoms with Crippen molar-refractivity contribution in [2.24, 2.45) is 0 Å². The molecule has 2 aromatic carbocycles. The highest BCUT2D eigenvalue weighted by atomic mass is 35.5. The summed E-state index contributed by atoms with van der Waals surface area (Å²) in [5.74, 6) is 0.0424. The number of fused-ring (bicyclic) bond motifs is 2. The average Bonchev–Trinajstić information content (AvgIpc) is 2.71. The molecule has 0 saturated carbocycles. The van der Waals surface area contributed by atoms with Crippen molar-refractivity contribution in [1.29, 1.82) is 0 Å². The first-order chi connectivity index (χ1) is 14.6. The van der Waals surface area contributed by atoms with Crippen molar-refractivity contribution in [3.63, 3.8) is 0 Å². The molecule has 2 bridgehead atoms. The van der Waals surface area contributed by atoms with E-state index < -0.39 is 0 Å². The van der Waals surface area contributed by atoms with Crippen molar-refractivity contribution in [2.45, 2.75) is 56.7 Å². The van der Waals surface area contributed by atoms with Gasteiger partial charge in [0.2, 0.25) is 11.8 Å². The third-order valence-corrected chi connectivity index (χ3v) is 6.50. The normalized spacial score (nSPS) is 23.6. The summed E-state index contributed by atoms with van der Waals surface area (Å²) in [5.41, 5.74) is 1.68. The summed E-state index contributed by atoms with van der Waals surface area (Å²) in [6, 6.07) is 18.0. The van der Waals surface area contributed by atoms with Crippen LogP contribution in [0.2, 0.25) is 5.02 Å². The minimum atomic E-state index is -0.0356. The summed E-state index contributed by atoms with van der Waals surface area (Å²) in [6.45, 7) is 0.366. The Hall–Kier alpha value is -2.37. The summed E-state index contributed by atoms with van der Waals surface area (Å²) in [7, 11) is 0. The van der Waals surface area contributed by atoms with E-state index in [0.717, 1.165) is 31.2 Å². The number of para-hydroxylation sites is 1. The van der Waals surface area contributed by atoms with Crippen molar-refractivity contribution in [3.8, 4) is 0 Å². The van der Waals surface area contributed by atoms with Gasteiger partial charge in [-0.3, -0.25) is 14.5 Å². The van der Waals surface area contributed by atoms with E-state index in [2.05, 4.69) is 15.5 Å². The SMILES string of the molecule is O=C(CN1C2CCCC1CC(NC(=O)Cc1ccccc1)C2)Nc1ccccc1Cl. The lowest BCUT2D eigenvalue weighted by molar-refractivity contribution is -0.124. The smallest absolute Gasteiger partial charge is 0.238 e. The molecule has 5 nitrogen and oxygen atoms in total. The predicted molar refractivity (Wildman–Crippen MR) is 120 cm³/mol. The number of amides is 2. The van der Waals surface area contributed by atoms with Gasteiger partial charge in [0.1, 0.15) is 0 Å². The van der Waals surface area contributed by atoms with Gasteiger partial charge in [-0.25, -0.2) is 0 Å². The largest absolute Gasteiger partial charge is 0.353 e. The van der Waals surface area contributed by atoms with Crippen LogP contribution in [0.5, 0.6) is 0 Å². The van der Waals surface area contributed by atoms with Crippen LogP contribution in [-0.4, -0.2) is 41.4 Å². The zero-order valence-corrected chi connectivity index (χ0v) is 17.8. The van der Waals surface area contributed by atoms with Gasteiger partial charge in [-0.1, -0.05) is 60.5 Å². The van der Waals surface area contributed by atoms with Crippen molar-refractivity contribution in [3.05, 3.63) is 65.2 Å². The molecule has 158 valence electrons. The topological polar surface area (TPSA) is 61.4 Å². The Morgan fingerprint density at radius 2 is 1.60 bits per heavy atom. The number of hydrogen-bond donors (Lipinski definition) is 2. The number of nitrogens with zero attached hydrogens (tertiary/aromatic N) is 1. The van der Waals surface area contributed by atoms with Crippen molar-refractivity contribution in [2.75, 3.05) is 11.9 Å². The van der Waals surface area contributed by atoms with Gasteiger partial charge in [0, 0.05) is 18.1 Å². The minimum absolute atomic E-state index is 0.0356. The second kappa shape index (κ2) is 9.63. The molecule has 2 aliphatic rings. The molecule has 2 saturated heterocycles. The summed E-state index contributed by atoms with van der Waals surface area (Å²) in [5, 5.41) is 6.72. The summed E-state index contributed by atoms with van der Waals surface area (Å²) < 4.78 is 0. The molecule has 0 radical (unpaired) electrons. The Morgan fingerprint density at radius 1 is 0.933 bits per heavy atom. The van der Waals surface area contributed by atoms with Gasteiger partial charge < -0.3 is 10.6 Å². The highest BCUT2D eigenvalue weighted by molar-refractivity contribution is 6.33. The van der Waals surface area contributed by atoms with Gasteiger partial charge in [-0.05, 0) is 43.4 Å². The number of anilines is 1. The molecule has 2 N–H and O–H groups in total. The Balaban J connectivity index is 1.32. The highest BCUT2D eigenvalue weighted by Gasteiger charge is 2.39. The Bertz CT molecular complexity index is 875. The number of benzene rings is 2. The lowest BCUT2D eigenvalue weighted by Crippen LogP contribution is -2.58. The highest BCUT2D eigenvalue weighted by Crippen LogP contribution is 2.34. The van der Waals surface area contributed by atoms with Crippen LogP contribution in [0.3, 0.4) is 0 Å². The zero-order chi connectivity index (χ0) is 20.9. The first-order valence-corrected chi connectivity index (χ1v) is 11.1.